The summed E-state index contributed by atoms with van der Waals surface area (Å²) in [6.07, 6.45) is 0. The number of hydrogen-bond donors (Lipinski definition) is 2. The lowest BCUT2D eigenvalue weighted by atomic mass is 10.2. The van der Waals surface area contributed by atoms with Gasteiger partial charge in [-0.2, -0.15) is 0 Å². The van der Waals surface area contributed by atoms with E-state index in [2.05, 4.69) is 5.32 Å². The number of aliphatic hydroxyl groups excluding tert-OH is 1. The van der Waals surface area contributed by atoms with Crippen LogP contribution in [0.4, 0.5) is 4.39 Å². The largest absolute Gasteiger partial charge is 0.394 e. The maximum atomic E-state index is 13.1. The zero-order valence-electron chi connectivity index (χ0n) is 8.58. The van der Waals surface area contributed by atoms with Crippen LogP contribution < -0.4 is 5.32 Å². The fourth-order valence-corrected chi connectivity index (χ4v) is 1.18. The van der Waals surface area contributed by atoms with Crippen LogP contribution in [0.1, 0.15) is 5.56 Å². The molecule has 15 heavy (non-hydrogen) atoms. The minimum atomic E-state index is -0.193. The van der Waals surface area contributed by atoms with E-state index in [1.807, 2.05) is 6.07 Å². The molecule has 0 unspecified atom stereocenters. The van der Waals surface area contributed by atoms with Crippen molar-refractivity contribution in [3.05, 3.63) is 35.6 Å². The van der Waals surface area contributed by atoms with Crippen molar-refractivity contribution in [3.8, 4) is 0 Å². The third kappa shape index (κ3) is 4.88. The Kier molecular flexibility index (Phi) is 5.92. The molecule has 0 radical (unpaired) electrons. The van der Waals surface area contributed by atoms with Crippen LogP contribution in [-0.2, 0) is 11.3 Å². The van der Waals surface area contributed by atoms with Crippen molar-refractivity contribution in [1.82, 2.24) is 5.32 Å². The molecule has 0 aliphatic carbocycles. The van der Waals surface area contributed by atoms with Crippen molar-refractivity contribution in [2.75, 3.05) is 26.4 Å². The lowest BCUT2D eigenvalue weighted by Gasteiger charge is -2.06. The number of benzene rings is 1. The summed E-state index contributed by atoms with van der Waals surface area (Å²) in [7, 11) is 0. The zero-order chi connectivity index (χ0) is 10.9. The molecule has 0 aliphatic heterocycles. The van der Waals surface area contributed by atoms with Gasteiger partial charge >= 0.3 is 0 Å². The minimum Gasteiger partial charge on any atom is -0.394 e. The Morgan fingerprint density at radius 1 is 1.27 bits per heavy atom. The molecule has 3 nitrogen and oxygen atoms in total. The van der Waals surface area contributed by atoms with E-state index < -0.39 is 0 Å². The Balaban J connectivity index is 2.12. The summed E-state index contributed by atoms with van der Waals surface area (Å²) in [6.45, 7) is 2.05. The third-order valence-electron chi connectivity index (χ3n) is 1.93. The second-order valence-corrected chi connectivity index (χ2v) is 3.10. The highest BCUT2D eigenvalue weighted by Crippen LogP contribution is 2.04. The van der Waals surface area contributed by atoms with E-state index in [9.17, 15) is 4.39 Å². The molecular weight excluding hydrogens is 197 g/mol. The number of halogens is 1. The normalized spacial score (nSPS) is 10.5. The highest BCUT2D eigenvalue weighted by Gasteiger charge is 1.98. The monoisotopic (exact) mass is 213 g/mol. The van der Waals surface area contributed by atoms with Gasteiger partial charge in [0.2, 0.25) is 0 Å². The SMILES string of the molecule is OCCOCCNCc1ccccc1F. The molecule has 0 spiro atoms. The molecule has 0 amide bonds. The lowest BCUT2D eigenvalue weighted by Crippen LogP contribution is -2.20. The van der Waals surface area contributed by atoms with Gasteiger partial charge in [0.05, 0.1) is 19.8 Å². The first kappa shape index (κ1) is 12.1. The first-order valence-corrected chi connectivity index (χ1v) is 4.97. The van der Waals surface area contributed by atoms with Crippen molar-refractivity contribution < 1.29 is 14.2 Å². The van der Waals surface area contributed by atoms with Crippen LogP contribution in [0.3, 0.4) is 0 Å². The van der Waals surface area contributed by atoms with Gasteiger partial charge in [0, 0.05) is 18.7 Å². The fourth-order valence-electron chi connectivity index (χ4n) is 1.18. The lowest BCUT2D eigenvalue weighted by molar-refractivity contribution is 0.0937. The van der Waals surface area contributed by atoms with E-state index in [0.29, 0.717) is 31.9 Å². The van der Waals surface area contributed by atoms with Crippen molar-refractivity contribution in [2.45, 2.75) is 6.54 Å². The molecule has 84 valence electrons. The minimum absolute atomic E-state index is 0.0350. The summed E-state index contributed by atoms with van der Waals surface area (Å²) in [4.78, 5) is 0. The predicted molar refractivity (Wildman–Crippen MR) is 56.0 cm³/mol. The van der Waals surface area contributed by atoms with Crippen molar-refractivity contribution in [1.29, 1.82) is 0 Å². The van der Waals surface area contributed by atoms with Crippen molar-refractivity contribution in [2.24, 2.45) is 0 Å². The summed E-state index contributed by atoms with van der Waals surface area (Å²) in [5.74, 6) is -0.193. The molecule has 0 heterocycles. The number of aliphatic hydroxyl groups is 1. The Morgan fingerprint density at radius 2 is 2.07 bits per heavy atom. The quantitative estimate of drug-likeness (QED) is 0.662. The number of rotatable bonds is 7. The van der Waals surface area contributed by atoms with E-state index in [1.54, 1.807) is 12.1 Å². The number of ether oxygens (including phenoxy) is 1. The molecule has 0 saturated carbocycles. The van der Waals surface area contributed by atoms with E-state index in [4.69, 9.17) is 9.84 Å². The van der Waals surface area contributed by atoms with E-state index in [-0.39, 0.29) is 12.4 Å². The number of nitrogens with one attached hydrogen (secondary N) is 1. The molecule has 4 heteroatoms. The summed E-state index contributed by atoms with van der Waals surface area (Å²) in [5.41, 5.74) is 0.652. The maximum absolute atomic E-state index is 13.1. The van der Waals surface area contributed by atoms with Crippen LogP contribution in [0, 0.1) is 5.82 Å². The Labute approximate surface area is 88.9 Å². The van der Waals surface area contributed by atoms with Gasteiger partial charge < -0.3 is 15.2 Å². The van der Waals surface area contributed by atoms with Gasteiger partial charge in [0.15, 0.2) is 0 Å². The molecule has 0 fully saturated rings. The molecule has 1 aromatic rings. The van der Waals surface area contributed by atoms with Crippen LogP contribution in [0.25, 0.3) is 0 Å². The summed E-state index contributed by atoms with van der Waals surface area (Å²) < 4.78 is 18.2. The molecular formula is C11H16FNO2. The van der Waals surface area contributed by atoms with E-state index in [0.717, 1.165) is 0 Å². The zero-order valence-corrected chi connectivity index (χ0v) is 8.58. The second kappa shape index (κ2) is 7.34. The van der Waals surface area contributed by atoms with Gasteiger partial charge in [-0.15, -0.1) is 0 Å². The average molecular weight is 213 g/mol. The predicted octanol–water partition coefficient (Wildman–Crippen LogP) is 0.924. The maximum Gasteiger partial charge on any atom is 0.127 e. The van der Waals surface area contributed by atoms with Gasteiger partial charge in [-0.05, 0) is 6.07 Å². The van der Waals surface area contributed by atoms with E-state index in [1.165, 1.54) is 6.07 Å². The molecule has 1 aromatic carbocycles. The average Bonchev–Trinajstić information content (AvgIpc) is 2.25. The van der Waals surface area contributed by atoms with Crippen LogP contribution in [0.5, 0.6) is 0 Å². The number of hydrogen-bond acceptors (Lipinski definition) is 3. The summed E-state index contributed by atoms with van der Waals surface area (Å²) in [5, 5.41) is 11.5. The standard InChI is InChI=1S/C11H16FNO2/c12-11-4-2-1-3-10(11)9-13-5-7-15-8-6-14/h1-4,13-14H,5-9H2. The van der Waals surface area contributed by atoms with Crippen LogP contribution in [-0.4, -0.2) is 31.5 Å². The Bertz CT molecular complexity index is 281. The van der Waals surface area contributed by atoms with Crippen LogP contribution in [0.2, 0.25) is 0 Å². The Morgan fingerprint density at radius 3 is 2.80 bits per heavy atom. The molecule has 0 atom stereocenters. The van der Waals surface area contributed by atoms with Gasteiger partial charge in [-0.3, -0.25) is 0 Å². The van der Waals surface area contributed by atoms with Gasteiger partial charge in [-0.1, -0.05) is 18.2 Å². The first-order valence-electron chi connectivity index (χ1n) is 4.97. The smallest absolute Gasteiger partial charge is 0.127 e. The molecule has 0 aliphatic rings. The molecule has 1 rings (SSSR count). The van der Waals surface area contributed by atoms with Gasteiger partial charge in [0.25, 0.3) is 0 Å². The molecule has 0 aromatic heterocycles. The van der Waals surface area contributed by atoms with Crippen LogP contribution >= 0.6 is 0 Å². The van der Waals surface area contributed by atoms with Crippen molar-refractivity contribution in [3.63, 3.8) is 0 Å². The van der Waals surface area contributed by atoms with Crippen molar-refractivity contribution >= 4 is 0 Å². The highest BCUT2D eigenvalue weighted by atomic mass is 19.1. The molecule has 0 saturated heterocycles. The van der Waals surface area contributed by atoms with Crippen LogP contribution in [0.15, 0.2) is 24.3 Å². The fraction of sp³-hybridized carbons (Fsp3) is 0.455. The molecule has 0 bridgehead atoms. The van der Waals surface area contributed by atoms with Gasteiger partial charge in [-0.25, -0.2) is 4.39 Å². The second-order valence-electron chi connectivity index (χ2n) is 3.10. The highest BCUT2D eigenvalue weighted by molar-refractivity contribution is 5.16. The molecule has 2 N–H and O–H groups in total. The summed E-state index contributed by atoms with van der Waals surface area (Å²) in [6, 6.07) is 6.67. The summed E-state index contributed by atoms with van der Waals surface area (Å²) >= 11 is 0. The van der Waals surface area contributed by atoms with E-state index >= 15 is 0 Å². The Hall–Kier alpha value is -0.970. The van der Waals surface area contributed by atoms with Gasteiger partial charge in [0.1, 0.15) is 5.82 Å². The third-order valence-corrected chi connectivity index (χ3v) is 1.93. The topological polar surface area (TPSA) is 41.5 Å². The first-order chi connectivity index (χ1) is 7.34.